The Kier molecular flexibility index (Phi) is 4.93. The minimum Gasteiger partial charge on any atom is -0.469 e. The van der Waals surface area contributed by atoms with E-state index in [-0.39, 0.29) is 24.4 Å². The standard InChI is InChI=1S/C12H15NO3.ClH/c1-15-12(14)5-8-2-3-10-9(4-8)6-16-7-11(10)13;/h2-4,11H,5-7,13H2,1H3;1H/t11-;/m1./s1. The summed E-state index contributed by atoms with van der Waals surface area (Å²) >= 11 is 0. The van der Waals surface area contributed by atoms with E-state index in [1.54, 1.807) is 0 Å². The molecule has 1 aromatic rings. The average Bonchev–Trinajstić information content (AvgIpc) is 2.29. The molecule has 0 aromatic heterocycles. The average molecular weight is 258 g/mol. The Morgan fingerprint density at radius 1 is 1.59 bits per heavy atom. The van der Waals surface area contributed by atoms with Gasteiger partial charge in [-0.25, -0.2) is 0 Å². The zero-order chi connectivity index (χ0) is 11.5. The minimum atomic E-state index is -0.235. The van der Waals surface area contributed by atoms with E-state index in [1.165, 1.54) is 7.11 Å². The van der Waals surface area contributed by atoms with Gasteiger partial charge in [0.25, 0.3) is 0 Å². The van der Waals surface area contributed by atoms with Gasteiger partial charge in [0.2, 0.25) is 0 Å². The summed E-state index contributed by atoms with van der Waals surface area (Å²) in [6.45, 7) is 1.13. The van der Waals surface area contributed by atoms with E-state index in [4.69, 9.17) is 10.5 Å². The van der Waals surface area contributed by atoms with Gasteiger partial charge in [0, 0.05) is 0 Å². The predicted octanol–water partition coefficient (Wildman–Crippen LogP) is 1.35. The van der Waals surface area contributed by atoms with Gasteiger partial charge < -0.3 is 15.2 Å². The quantitative estimate of drug-likeness (QED) is 0.813. The van der Waals surface area contributed by atoms with Gasteiger partial charge in [-0.05, 0) is 16.7 Å². The molecule has 0 radical (unpaired) electrons. The minimum absolute atomic E-state index is 0. The predicted molar refractivity (Wildman–Crippen MR) is 66.0 cm³/mol. The Morgan fingerprint density at radius 3 is 3.06 bits per heavy atom. The van der Waals surface area contributed by atoms with Crippen molar-refractivity contribution in [1.29, 1.82) is 0 Å². The van der Waals surface area contributed by atoms with Crippen molar-refractivity contribution in [1.82, 2.24) is 0 Å². The van der Waals surface area contributed by atoms with Crippen LogP contribution < -0.4 is 5.73 Å². The molecule has 17 heavy (non-hydrogen) atoms. The molecule has 5 heteroatoms. The van der Waals surface area contributed by atoms with Gasteiger partial charge in [-0.1, -0.05) is 18.2 Å². The largest absolute Gasteiger partial charge is 0.469 e. The molecule has 0 fully saturated rings. The van der Waals surface area contributed by atoms with E-state index in [1.807, 2.05) is 18.2 Å². The van der Waals surface area contributed by atoms with Crippen molar-refractivity contribution in [3.63, 3.8) is 0 Å². The lowest BCUT2D eigenvalue weighted by atomic mass is 9.96. The van der Waals surface area contributed by atoms with Gasteiger partial charge in [0.15, 0.2) is 0 Å². The first-order valence-electron chi connectivity index (χ1n) is 5.22. The summed E-state index contributed by atoms with van der Waals surface area (Å²) in [5.41, 5.74) is 9.02. The molecular formula is C12H16ClNO3. The smallest absolute Gasteiger partial charge is 0.309 e. The first-order valence-corrected chi connectivity index (χ1v) is 5.22. The third-order valence-corrected chi connectivity index (χ3v) is 2.74. The van der Waals surface area contributed by atoms with Gasteiger partial charge in [0.1, 0.15) is 0 Å². The summed E-state index contributed by atoms with van der Waals surface area (Å²) in [5, 5.41) is 0. The number of benzene rings is 1. The first-order chi connectivity index (χ1) is 7.70. The highest BCUT2D eigenvalue weighted by Crippen LogP contribution is 2.24. The van der Waals surface area contributed by atoms with Crippen molar-refractivity contribution in [2.75, 3.05) is 13.7 Å². The second-order valence-corrected chi connectivity index (χ2v) is 3.91. The number of esters is 1. The Hall–Kier alpha value is -1.10. The molecule has 2 rings (SSSR count). The second-order valence-electron chi connectivity index (χ2n) is 3.91. The summed E-state index contributed by atoms with van der Waals surface area (Å²) in [6.07, 6.45) is 0.291. The van der Waals surface area contributed by atoms with Crippen LogP contribution in [0.3, 0.4) is 0 Å². The molecule has 0 bridgehead atoms. The monoisotopic (exact) mass is 257 g/mol. The Balaban J connectivity index is 0.00000144. The van der Waals surface area contributed by atoms with Crippen LogP contribution in [0, 0.1) is 0 Å². The number of hydrogen-bond donors (Lipinski definition) is 1. The fraction of sp³-hybridized carbons (Fsp3) is 0.417. The van der Waals surface area contributed by atoms with E-state index in [2.05, 4.69) is 4.74 Å². The molecule has 0 spiro atoms. The molecule has 1 aliphatic heterocycles. The zero-order valence-corrected chi connectivity index (χ0v) is 10.5. The van der Waals surface area contributed by atoms with Gasteiger partial charge in [-0.3, -0.25) is 4.79 Å². The number of carbonyl (C=O) groups is 1. The third kappa shape index (κ3) is 3.19. The highest BCUT2D eigenvalue weighted by atomic mass is 35.5. The molecule has 4 nitrogen and oxygen atoms in total. The van der Waals surface area contributed by atoms with Crippen molar-refractivity contribution in [3.8, 4) is 0 Å². The number of rotatable bonds is 2. The second kappa shape index (κ2) is 6.00. The number of hydrogen-bond acceptors (Lipinski definition) is 4. The van der Waals surface area contributed by atoms with E-state index in [0.717, 1.165) is 16.7 Å². The third-order valence-electron chi connectivity index (χ3n) is 2.74. The molecule has 1 heterocycles. The summed E-state index contributed by atoms with van der Waals surface area (Å²) in [4.78, 5) is 11.1. The van der Waals surface area contributed by atoms with Crippen molar-refractivity contribution >= 4 is 18.4 Å². The normalized spacial score (nSPS) is 17.9. The first kappa shape index (κ1) is 14.0. The van der Waals surface area contributed by atoms with E-state index < -0.39 is 0 Å². The molecule has 94 valence electrons. The maximum absolute atomic E-state index is 11.1. The van der Waals surface area contributed by atoms with E-state index in [0.29, 0.717) is 19.6 Å². The number of ether oxygens (including phenoxy) is 2. The summed E-state index contributed by atoms with van der Waals surface area (Å²) in [7, 11) is 1.39. The zero-order valence-electron chi connectivity index (χ0n) is 9.64. The van der Waals surface area contributed by atoms with Crippen molar-refractivity contribution in [3.05, 3.63) is 34.9 Å². The maximum atomic E-state index is 11.1. The molecule has 0 unspecified atom stereocenters. The number of fused-ring (bicyclic) bond motifs is 1. The summed E-state index contributed by atoms with van der Waals surface area (Å²) in [6, 6.07) is 5.79. The number of carbonyl (C=O) groups excluding carboxylic acids is 1. The van der Waals surface area contributed by atoms with Crippen molar-refractivity contribution in [2.24, 2.45) is 5.73 Å². The highest BCUT2D eigenvalue weighted by Gasteiger charge is 2.17. The topological polar surface area (TPSA) is 61.5 Å². The lowest BCUT2D eigenvalue weighted by molar-refractivity contribution is -0.139. The van der Waals surface area contributed by atoms with E-state index >= 15 is 0 Å². The van der Waals surface area contributed by atoms with Crippen LogP contribution in [-0.4, -0.2) is 19.7 Å². The molecule has 1 atom stereocenters. The lowest BCUT2D eigenvalue weighted by Crippen LogP contribution is -2.23. The Morgan fingerprint density at radius 2 is 2.35 bits per heavy atom. The lowest BCUT2D eigenvalue weighted by Gasteiger charge is -2.23. The van der Waals surface area contributed by atoms with Crippen LogP contribution in [-0.2, 0) is 27.3 Å². The summed E-state index contributed by atoms with van der Waals surface area (Å²) in [5.74, 6) is -0.235. The van der Waals surface area contributed by atoms with Gasteiger partial charge in [-0.15, -0.1) is 12.4 Å². The molecule has 0 saturated carbocycles. The van der Waals surface area contributed by atoms with Gasteiger partial charge in [-0.2, -0.15) is 0 Å². The van der Waals surface area contributed by atoms with Crippen LogP contribution in [0.1, 0.15) is 22.7 Å². The van der Waals surface area contributed by atoms with Crippen LogP contribution >= 0.6 is 12.4 Å². The van der Waals surface area contributed by atoms with Crippen molar-refractivity contribution in [2.45, 2.75) is 19.1 Å². The highest BCUT2D eigenvalue weighted by molar-refractivity contribution is 5.85. The molecule has 0 aliphatic carbocycles. The Labute approximate surface area is 106 Å². The Bertz CT molecular complexity index is 409. The molecule has 0 saturated heterocycles. The van der Waals surface area contributed by atoms with Crippen LogP contribution in [0.4, 0.5) is 0 Å². The molecule has 0 amide bonds. The molecule has 2 N–H and O–H groups in total. The van der Waals surface area contributed by atoms with Crippen LogP contribution in [0.25, 0.3) is 0 Å². The number of nitrogens with two attached hydrogens (primary N) is 1. The van der Waals surface area contributed by atoms with Gasteiger partial charge >= 0.3 is 5.97 Å². The van der Waals surface area contributed by atoms with Crippen molar-refractivity contribution < 1.29 is 14.3 Å². The number of halogens is 1. The maximum Gasteiger partial charge on any atom is 0.309 e. The SMILES string of the molecule is COC(=O)Cc1ccc2c(c1)COC[C@H]2N.Cl. The van der Waals surface area contributed by atoms with Gasteiger partial charge in [0.05, 0.1) is 32.8 Å². The van der Waals surface area contributed by atoms with Crippen LogP contribution in [0.15, 0.2) is 18.2 Å². The molecule has 1 aliphatic rings. The summed E-state index contributed by atoms with van der Waals surface area (Å²) < 4.78 is 9.98. The van der Waals surface area contributed by atoms with Crippen LogP contribution in [0.2, 0.25) is 0 Å². The van der Waals surface area contributed by atoms with E-state index in [9.17, 15) is 4.79 Å². The molecule has 1 aromatic carbocycles. The fourth-order valence-electron chi connectivity index (χ4n) is 1.88. The number of methoxy groups -OCH3 is 1. The van der Waals surface area contributed by atoms with Crippen LogP contribution in [0.5, 0.6) is 0 Å². The fourth-order valence-corrected chi connectivity index (χ4v) is 1.88. The molecular weight excluding hydrogens is 242 g/mol.